The number of hydrogen-bond donors (Lipinski definition) is 1. The molecule has 17 heavy (non-hydrogen) atoms. The van der Waals surface area contributed by atoms with Crippen LogP contribution in [0.4, 0.5) is 0 Å². The fourth-order valence-electron chi connectivity index (χ4n) is 1.14. The minimum atomic E-state index is -1.29. The quantitative estimate of drug-likeness (QED) is 0.837. The fourth-order valence-corrected chi connectivity index (χ4v) is 1.14. The second-order valence-electron chi connectivity index (χ2n) is 4.35. The first kappa shape index (κ1) is 13.1. The van der Waals surface area contributed by atoms with Crippen molar-refractivity contribution in [2.75, 3.05) is 7.05 Å². The van der Waals surface area contributed by atoms with E-state index < -0.39 is 17.4 Å². The molecule has 0 unspecified atom stereocenters. The van der Waals surface area contributed by atoms with Crippen molar-refractivity contribution in [3.05, 3.63) is 23.5 Å². The van der Waals surface area contributed by atoms with Crippen LogP contribution in [0.3, 0.4) is 0 Å². The number of carboxylic acid groups (broad SMARTS) is 1. The predicted octanol–water partition coefficient (Wildman–Crippen LogP) is 0.720. The SMILES string of the molecule is Cc1cnnc(C(=O)N(C)C(C)(C)C(=O)O)c1. The molecule has 1 aromatic heterocycles. The normalized spacial score (nSPS) is 11.1. The molecule has 1 aromatic rings. The molecule has 92 valence electrons. The number of carbonyl (C=O) groups excluding carboxylic acids is 1. The molecule has 0 saturated heterocycles. The molecular weight excluding hydrogens is 222 g/mol. The van der Waals surface area contributed by atoms with Crippen LogP contribution in [-0.4, -0.2) is 44.7 Å². The predicted molar refractivity (Wildman–Crippen MR) is 60.6 cm³/mol. The number of aliphatic carboxylic acids is 1. The third kappa shape index (κ3) is 2.58. The molecule has 0 spiro atoms. The number of amides is 1. The van der Waals surface area contributed by atoms with E-state index >= 15 is 0 Å². The fraction of sp³-hybridized carbons (Fsp3) is 0.455. The van der Waals surface area contributed by atoms with Gasteiger partial charge in [-0.15, -0.1) is 5.10 Å². The van der Waals surface area contributed by atoms with Gasteiger partial charge < -0.3 is 10.0 Å². The highest BCUT2D eigenvalue weighted by Gasteiger charge is 2.36. The number of carboxylic acids is 1. The van der Waals surface area contributed by atoms with Crippen molar-refractivity contribution >= 4 is 11.9 Å². The summed E-state index contributed by atoms with van der Waals surface area (Å²) in [5.74, 6) is -1.54. The number of aromatic nitrogens is 2. The zero-order valence-electron chi connectivity index (χ0n) is 10.3. The van der Waals surface area contributed by atoms with Gasteiger partial charge in [0.25, 0.3) is 5.91 Å². The van der Waals surface area contributed by atoms with E-state index in [1.165, 1.54) is 27.1 Å². The first-order valence-corrected chi connectivity index (χ1v) is 5.07. The molecule has 1 rings (SSSR count). The van der Waals surface area contributed by atoms with E-state index in [-0.39, 0.29) is 5.69 Å². The maximum Gasteiger partial charge on any atom is 0.329 e. The minimum absolute atomic E-state index is 0.141. The maximum atomic E-state index is 12.0. The lowest BCUT2D eigenvalue weighted by molar-refractivity contribution is -0.147. The van der Waals surface area contributed by atoms with Gasteiger partial charge in [0.15, 0.2) is 5.69 Å². The molecule has 1 amide bonds. The Hall–Kier alpha value is -1.98. The third-order valence-electron chi connectivity index (χ3n) is 2.68. The highest BCUT2D eigenvalue weighted by atomic mass is 16.4. The van der Waals surface area contributed by atoms with Crippen LogP contribution in [0.1, 0.15) is 29.9 Å². The molecule has 0 radical (unpaired) electrons. The van der Waals surface area contributed by atoms with Gasteiger partial charge in [-0.3, -0.25) is 4.79 Å². The Morgan fingerprint density at radius 1 is 1.41 bits per heavy atom. The molecule has 6 heteroatoms. The Morgan fingerprint density at radius 3 is 2.47 bits per heavy atom. The molecule has 0 aliphatic carbocycles. The lowest BCUT2D eigenvalue weighted by Crippen LogP contribution is -2.51. The van der Waals surface area contributed by atoms with Crippen molar-refractivity contribution < 1.29 is 14.7 Å². The highest BCUT2D eigenvalue weighted by Crippen LogP contribution is 2.15. The van der Waals surface area contributed by atoms with Crippen LogP contribution < -0.4 is 0 Å². The summed E-state index contributed by atoms with van der Waals surface area (Å²) in [6, 6.07) is 1.57. The van der Waals surface area contributed by atoms with Crippen LogP contribution >= 0.6 is 0 Å². The zero-order valence-corrected chi connectivity index (χ0v) is 10.3. The van der Waals surface area contributed by atoms with Gasteiger partial charge in [0.2, 0.25) is 0 Å². The van der Waals surface area contributed by atoms with Crippen molar-refractivity contribution in [1.29, 1.82) is 0 Å². The van der Waals surface area contributed by atoms with E-state index in [1.807, 2.05) is 0 Å². The first-order chi connectivity index (χ1) is 7.76. The van der Waals surface area contributed by atoms with Crippen molar-refractivity contribution in [2.45, 2.75) is 26.3 Å². The molecule has 0 saturated carbocycles. The molecule has 1 N–H and O–H groups in total. The van der Waals surface area contributed by atoms with Crippen LogP contribution in [0.25, 0.3) is 0 Å². The van der Waals surface area contributed by atoms with E-state index in [9.17, 15) is 9.59 Å². The van der Waals surface area contributed by atoms with Gasteiger partial charge in [-0.05, 0) is 32.4 Å². The minimum Gasteiger partial charge on any atom is -0.480 e. The summed E-state index contributed by atoms with van der Waals surface area (Å²) >= 11 is 0. The van der Waals surface area contributed by atoms with Crippen molar-refractivity contribution in [2.24, 2.45) is 0 Å². The zero-order chi connectivity index (χ0) is 13.2. The molecule has 0 aromatic carbocycles. The first-order valence-electron chi connectivity index (χ1n) is 5.07. The van der Waals surface area contributed by atoms with Crippen LogP contribution in [0.5, 0.6) is 0 Å². The summed E-state index contributed by atoms with van der Waals surface area (Å²) in [4.78, 5) is 24.2. The van der Waals surface area contributed by atoms with Crippen molar-refractivity contribution in [1.82, 2.24) is 15.1 Å². The average Bonchev–Trinajstić information content (AvgIpc) is 2.26. The molecule has 0 bridgehead atoms. The second-order valence-corrected chi connectivity index (χ2v) is 4.35. The van der Waals surface area contributed by atoms with E-state index in [2.05, 4.69) is 10.2 Å². The lowest BCUT2D eigenvalue weighted by atomic mass is 10.0. The number of aryl methyl sites for hydroxylation is 1. The Balaban J connectivity index is 3.02. The lowest BCUT2D eigenvalue weighted by Gasteiger charge is -2.31. The van der Waals surface area contributed by atoms with Crippen LogP contribution in [0.2, 0.25) is 0 Å². The van der Waals surface area contributed by atoms with Crippen LogP contribution in [-0.2, 0) is 4.79 Å². The average molecular weight is 237 g/mol. The van der Waals surface area contributed by atoms with Crippen LogP contribution in [0.15, 0.2) is 12.3 Å². The summed E-state index contributed by atoms with van der Waals surface area (Å²) in [5, 5.41) is 16.4. The largest absolute Gasteiger partial charge is 0.480 e. The van der Waals surface area contributed by atoms with Crippen LogP contribution in [0, 0.1) is 6.92 Å². The summed E-state index contributed by atoms with van der Waals surface area (Å²) in [5.41, 5.74) is -0.352. The van der Waals surface area contributed by atoms with E-state index in [4.69, 9.17) is 5.11 Å². The van der Waals surface area contributed by atoms with E-state index in [0.717, 1.165) is 10.5 Å². The number of hydrogen-bond acceptors (Lipinski definition) is 4. The van der Waals surface area contributed by atoms with Gasteiger partial charge in [0.05, 0.1) is 6.20 Å². The Morgan fingerprint density at radius 2 is 2.00 bits per heavy atom. The smallest absolute Gasteiger partial charge is 0.329 e. The molecule has 0 atom stereocenters. The van der Waals surface area contributed by atoms with Crippen molar-refractivity contribution in [3.8, 4) is 0 Å². The second kappa shape index (κ2) is 4.48. The molecular formula is C11H15N3O3. The Kier molecular flexibility index (Phi) is 3.45. The van der Waals surface area contributed by atoms with Gasteiger partial charge in [-0.1, -0.05) is 0 Å². The summed E-state index contributed by atoms with van der Waals surface area (Å²) in [7, 11) is 1.43. The van der Waals surface area contributed by atoms with Gasteiger partial charge >= 0.3 is 5.97 Å². The molecule has 0 fully saturated rings. The highest BCUT2D eigenvalue weighted by molar-refractivity contribution is 5.95. The molecule has 0 aliphatic rings. The summed E-state index contributed by atoms with van der Waals surface area (Å²) in [6.45, 7) is 4.70. The molecule has 6 nitrogen and oxygen atoms in total. The van der Waals surface area contributed by atoms with Gasteiger partial charge in [0, 0.05) is 7.05 Å². The Labute approximate surface area is 99.3 Å². The monoisotopic (exact) mass is 237 g/mol. The third-order valence-corrected chi connectivity index (χ3v) is 2.68. The molecule has 1 heterocycles. The standard InChI is InChI=1S/C11H15N3O3/c1-7-5-8(13-12-6-7)9(15)14(4)11(2,3)10(16)17/h5-6H,1-4H3,(H,16,17). The van der Waals surface area contributed by atoms with E-state index in [1.54, 1.807) is 13.0 Å². The number of nitrogens with zero attached hydrogens (tertiary/aromatic N) is 3. The number of rotatable bonds is 3. The Bertz CT molecular complexity index is 457. The maximum absolute atomic E-state index is 12.0. The topological polar surface area (TPSA) is 83.4 Å². The van der Waals surface area contributed by atoms with Crippen molar-refractivity contribution in [3.63, 3.8) is 0 Å². The molecule has 0 aliphatic heterocycles. The van der Waals surface area contributed by atoms with Gasteiger partial charge in [-0.25, -0.2) is 4.79 Å². The van der Waals surface area contributed by atoms with Gasteiger partial charge in [-0.2, -0.15) is 5.10 Å². The number of likely N-dealkylation sites (N-methyl/N-ethyl adjacent to an activating group) is 1. The number of carbonyl (C=O) groups is 2. The summed E-state index contributed by atoms with van der Waals surface area (Å²) < 4.78 is 0. The summed E-state index contributed by atoms with van der Waals surface area (Å²) in [6.07, 6.45) is 1.53. The van der Waals surface area contributed by atoms with E-state index in [0.29, 0.717) is 0 Å². The van der Waals surface area contributed by atoms with Gasteiger partial charge in [0.1, 0.15) is 5.54 Å².